The molecule has 0 spiro atoms. The molecule has 0 saturated carbocycles. The summed E-state index contributed by atoms with van der Waals surface area (Å²) in [6.07, 6.45) is 4.29. The monoisotopic (exact) mass is 394 g/mol. The Labute approximate surface area is 169 Å². The van der Waals surface area contributed by atoms with Crippen molar-refractivity contribution < 1.29 is 14.0 Å². The van der Waals surface area contributed by atoms with Gasteiger partial charge >= 0.3 is 11.8 Å². The Morgan fingerprint density at radius 1 is 1.07 bits per heavy atom. The second kappa shape index (κ2) is 9.14. The summed E-state index contributed by atoms with van der Waals surface area (Å²) in [4.78, 5) is 25.9. The van der Waals surface area contributed by atoms with Crippen molar-refractivity contribution >= 4 is 17.5 Å². The van der Waals surface area contributed by atoms with Gasteiger partial charge in [-0.3, -0.25) is 14.3 Å². The molecule has 0 radical (unpaired) electrons. The topological polar surface area (TPSA) is 67.2 Å². The van der Waals surface area contributed by atoms with Crippen LogP contribution >= 0.6 is 0 Å². The van der Waals surface area contributed by atoms with Crippen LogP contribution in [0.25, 0.3) is 0 Å². The molecule has 2 aromatic carbocycles. The van der Waals surface area contributed by atoms with E-state index < -0.39 is 11.8 Å². The van der Waals surface area contributed by atoms with Crippen LogP contribution in [0.5, 0.6) is 0 Å². The van der Waals surface area contributed by atoms with Crippen molar-refractivity contribution in [2.24, 2.45) is 0 Å². The van der Waals surface area contributed by atoms with Gasteiger partial charge in [0.25, 0.3) is 0 Å². The molecule has 0 unspecified atom stereocenters. The van der Waals surface area contributed by atoms with E-state index in [1.54, 1.807) is 37.5 Å². The first-order valence-corrected chi connectivity index (χ1v) is 9.29. The molecule has 1 N–H and O–H groups in total. The van der Waals surface area contributed by atoms with E-state index in [0.29, 0.717) is 25.2 Å². The molecule has 150 valence electrons. The first-order chi connectivity index (χ1) is 13.9. The fraction of sp³-hybridized carbons (Fsp3) is 0.227. The standard InChI is InChI=1S/C22H23FN4O2/c1-16-13-24-27(14-16)15-18-5-9-20(10-6-18)25-21(28)22(29)26(2)12-11-17-3-7-19(23)8-4-17/h3-10,13-14H,11-12,15H2,1-2H3,(H,25,28). The van der Waals surface area contributed by atoms with Crippen molar-refractivity contribution in [3.63, 3.8) is 0 Å². The van der Waals surface area contributed by atoms with Gasteiger partial charge in [-0.1, -0.05) is 24.3 Å². The minimum atomic E-state index is -0.693. The van der Waals surface area contributed by atoms with Gasteiger partial charge in [-0.05, 0) is 54.3 Å². The van der Waals surface area contributed by atoms with E-state index in [4.69, 9.17) is 0 Å². The number of carbonyl (C=O) groups is 2. The number of rotatable bonds is 6. The SMILES string of the molecule is Cc1cnn(Cc2ccc(NC(=O)C(=O)N(C)CCc3ccc(F)cc3)cc2)c1. The number of halogens is 1. The summed E-state index contributed by atoms with van der Waals surface area (Å²) in [5, 5.41) is 6.87. The molecule has 7 heteroatoms. The van der Waals surface area contributed by atoms with Crippen LogP contribution in [0.2, 0.25) is 0 Å². The van der Waals surface area contributed by atoms with E-state index in [9.17, 15) is 14.0 Å². The number of nitrogens with one attached hydrogen (secondary N) is 1. The molecule has 0 aliphatic heterocycles. The summed E-state index contributed by atoms with van der Waals surface area (Å²) < 4.78 is 14.8. The third-order valence-electron chi connectivity index (χ3n) is 4.51. The van der Waals surface area contributed by atoms with E-state index in [1.165, 1.54) is 17.0 Å². The van der Waals surface area contributed by atoms with E-state index in [2.05, 4.69) is 10.4 Å². The van der Waals surface area contributed by atoms with Gasteiger partial charge in [-0.25, -0.2) is 4.39 Å². The van der Waals surface area contributed by atoms with Gasteiger partial charge < -0.3 is 10.2 Å². The molecular formula is C22H23FN4O2. The molecule has 3 rings (SSSR count). The maximum atomic E-state index is 12.9. The largest absolute Gasteiger partial charge is 0.337 e. The van der Waals surface area contributed by atoms with E-state index >= 15 is 0 Å². The third kappa shape index (κ3) is 5.75. The van der Waals surface area contributed by atoms with Crippen LogP contribution in [0.1, 0.15) is 16.7 Å². The lowest BCUT2D eigenvalue weighted by atomic mass is 10.1. The summed E-state index contributed by atoms with van der Waals surface area (Å²) in [5.41, 5.74) is 3.58. The minimum Gasteiger partial charge on any atom is -0.337 e. The number of aryl methyl sites for hydroxylation is 1. The van der Waals surface area contributed by atoms with Gasteiger partial charge in [-0.2, -0.15) is 5.10 Å². The Morgan fingerprint density at radius 2 is 1.72 bits per heavy atom. The molecule has 1 heterocycles. The van der Waals surface area contributed by atoms with Crippen molar-refractivity contribution in [2.75, 3.05) is 18.9 Å². The Balaban J connectivity index is 1.50. The van der Waals surface area contributed by atoms with Crippen LogP contribution in [0, 0.1) is 12.7 Å². The number of anilines is 1. The fourth-order valence-corrected chi connectivity index (χ4v) is 2.84. The average Bonchev–Trinajstić information content (AvgIpc) is 3.12. The summed E-state index contributed by atoms with van der Waals surface area (Å²) >= 11 is 0. The molecule has 0 fully saturated rings. The lowest BCUT2D eigenvalue weighted by Crippen LogP contribution is -2.38. The van der Waals surface area contributed by atoms with Crippen molar-refractivity contribution in [1.82, 2.24) is 14.7 Å². The van der Waals surface area contributed by atoms with Crippen molar-refractivity contribution in [1.29, 1.82) is 0 Å². The molecule has 2 amide bonds. The molecule has 0 bridgehead atoms. The number of hydrogen-bond acceptors (Lipinski definition) is 3. The lowest BCUT2D eigenvalue weighted by Gasteiger charge is -2.16. The van der Waals surface area contributed by atoms with E-state index in [-0.39, 0.29) is 5.82 Å². The summed E-state index contributed by atoms with van der Waals surface area (Å²) in [6.45, 7) is 2.98. The zero-order valence-corrected chi connectivity index (χ0v) is 16.4. The van der Waals surface area contributed by atoms with Gasteiger partial charge in [0.2, 0.25) is 0 Å². The van der Waals surface area contributed by atoms with Crippen molar-refractivity contribution in [3.8, 4) is 0 Å². The number of amides is 2. The molecule has 1 aromatic heterocycles. The molecule has 3 aromatic rings. The zero-order chi connectivity index (χ0) is 20.8. The summed E-state index contributed by atoms with van der Waals surface area (Å²) in [7, 11) is 1.57. The minimum absolute atomic E-state index is 0.302. The van der Waals surface area contributed by atoms with Gasteiger partial charge in [0.05, 0.1) is 12.7 Å². The first kappa shape index (κ1) is 20.3. The van der Waals surface area contributed by atoms with Crippen molar-refractivity contribution in [2.45, 2.75) is 19.9 Å². The van der Waals surface area contributed by atoms with Crippen LogP contribution in [0.4, 0.5) is 10.1 Å². The summed E-state index contributed by atoms with van der Waals surface area (Å²) in [5.74, 6) is -1.62. The van der Waals surface area contributed by atoms with Crippen molar-refractivity contribution in [3.05, 3.63) is 83.4 Å². The highest BCUT2D eigenvalue weighted by molar-refractivity contribution is 6.39. The van der Waals surface area contributed by atoms with Crippen LogP contribution in [-0.2, 0) is 22.6 Å². The van der Waals surface area contributed by atoms with Gasteiger partial charge in [-0.15, -0.1) is 0 Å². The first-order valence-electron chi connectivity index (χ1n) is 9.29. The highest BCUT2D eigenvalue weighted by atomic mass is 19.1. The average molecular weight is 394 g/mol. The molecular weight excluding hydrogens is 371 g/mol. The second-order valence-corrected chi connectivity index (χ2v) is 6.97. The molecule has 6 nitrogen and oxygen atoms in total. The molecule has 0 aliphatic rings. The summed E-state index contributed by atoms with van der Waals surface area (Å²) in [6, 6.07) is 13.4. The van der Waals surface area contributed by atoms with Gasteiger partial charge in [0.1, 0.15) is 5.82 Å². The number of carbonyl (C=O) groups excluding carboxylic acids is 2. The smallest absolute Gasteiger partial charge is 0.313 e. The Bertz CT molecular complexity index is 981. The predicted molar refractivity (Wildman–Crippen MR) is 109 cm³/mol. The number of nitrogens with zero attached hydrogens (tertiary/aromatic N) is 3. The quantitative estimate of drug-likeness (QED) is 0.654. The number of benzene rings is 2. The van der Waals surface area contributed by atoms with E-state index in [0.717, 1.165) is 16.7 Å². The Hall–Kier alpha value is -3.48. The van der Waals surface area contributed by atoms with Crippen LogP contribution in [-0.4, -0.2) is 40.1 Å². The Morgan fingerprint density at radius 3 is 2.34 bits per heavy atom. The predicted octanol–water partition coefficient (Wildman–Crippen LogP) is 3.02. The zero-order valence-electron chi connectivity index (χ0n) is 16.4. The molecule has 0 atom stereocenters. The Kier molecular flexibility index (Phi) is 6.39. The van der Waals surface area contributed by atoms with E-state index in [1.807, 2.05) is 29.9 Å². The fourth-order valence-electron chi connectivity index (χ4n) is 2.84. The normalized spacial score (nSPS) is 10.6. The lowest BCUT2D eigenvalue weighted by molar-refractivity contribution is -0.142. The highest BCUT2D eigenvalue weighted by Gasteiger charge is 2.18. The van der Waals surface area contributed by atoms with Crippen LogP contribution in [0.15, 0.2) is 60.9 Å². The van der Waals surface area contributed by atoms with Crippen LogP contribution in [0.3, 0.4) is 0 Å². The number of aromatic nitrogens is 2. The molecule has 29 heavy (non-hydrogen) atoms. The maximum Gasteiger partial charge on any atom is 0.313 e. The third-order valence-corrected chi connectivity index (χ3v) is 4.51. The van der Waals surface area contributed by atoms with Crippen LogP contribution < -0.4 is 5.32 Å². The molecule has 0 aliphatic carbocycles. The number of likely N-dealkylation sites (N-methyl/N-ethyl adjacent to an activating group) is 1. The van der Waals surface area contributed by atoms with Gasteiger partial charge in [0.15, 0.2) is 0 Å². The molecule has 0 saturated heterocycles. The highest BCUT2D eigenvalue weighted by Crippen LogP contribution is 2.11. The second-order valence-electron chi connectivity index (χ2n) is 6.97. The van der Waals surface area contributed by atoms with Gasteiger partial charge in [0, 0.05) is 25.5 Å². The number of hydrogen-bond donors (Lipinski definition) is 1. The maximum absolute atomic E-state index is 12.9.